The molecule has 0 bridgehead atoms. The topological polar surface area (TPSA) is 113 Å². The summed E-state index contributed by atoms with van der Waals surface area (Å²) in [6, 6.07) is 5.91. The lowest BCUT2D eigenvalue weighted by molar-refractivity contribution is -0.193. The lowest BCUT2D eigenvalue weighted by atomic mass is 9.83. The lowest BCUT2D eigenvalue weighted by Gasteiger charge is -2.25. The number of ether oxygens (including phenoxy) is 1. The molecule has 1 aromatic carbocycles. The molecule has 1 aliphatic heterocycles. The van der Waals surface area contributed by atoms with Gasteiger partial charge in [0.05, 0.1) is 0 Å². The Bertz CT molecular complexity index is 791. The maximum absolute atomic E-state index is 11.0. The minimum Gasteiger partial charge on any atom is -0.489 e. The van der Waals surface area contributed by atoms with E-state index in [-0.39, 0.29) is 6.10 Å². The second-order valence-corrected chi connectivity index (χ2v) is 7.59. The molecule has 1 aliphatic carbocycles. The Labute approximate surface area is 191 Å². The molecular weight excluding hydrogens is 476 g/mol. The summed E-state index contributed by atoms with van der Waals surface area (Å²) >= 11 is 0. The van der Waals surface area contributed by atoms with E-state index in [1.54, 1.807) is 0 Å². The number of carboxylic acids is 2. The SMILES string of the molecule is O=C(O)C(F)(F)F.O=C(O)C(F)(F)F.O=Cc1ccc(OC2CCNC2)c(C2CCCCC2)c1. The maximum Gasteiger partial charge on any atom is 0.490 e. The van der Waals surface area contributed by atoms with Gasteiger partial charge in [-0.15, -0.1) is 0 Å². The molecule has 1 saturated heterocycles. The minimum atomic E-state index is -5.08. The number of rotatable bonds is 4. The second-order valence-electron chi connectivity index (χ2n) is 7.59. The quantitative estimate of drug-likeness (QED) is 0.410. The first-order chi connectivity index (χ1) is 15.8. The molecule has 3 rings (SSSR count). The zero-order chi connectivity index (χ0) is 25.9. The number of hydrogen-bond donors (Lipinski definition) is 3. The Morgan fingerprint density at radius 1 is 0.941 bits per heavy atom. The number of benzene rings is 1. The first kappa shape index (κ1) is 29.2. The highest BCUT2D eigenvalue weighted by molar-refractivity contribution is 5.76. The highest BCUT2D eigenvalue weighted by Gasteiger charge is 2.38. The van der Waals surface area contributed by atoms with E-state index < -0.39 is 24.3 Å². The van der Waals surface area contributed by atoms with E-state index in [0.717, 1.165) is 37.1 Å². The Balaban J connectivity index is 0.000000343. The van der Waals surface area contributed by atoms with Crippen molar-refractivity contribution in [1.82, 2.24) is 5.32 Å². The van der Waals surface area contributed by atoms with E-state index in [2.05, 4.69) is 5.32 Å². The van der Waals surface area contributed by atoms with Crippen molar-refractivity contribution in [3.63, 3.8) is 0 Å². The number of carbonyl (C=O) groups is 3. The molecule has 192 valence electrons. The van der Waals surface area contributed by atoms with Gasteiger partial charge in [0, 0.05) is 12.1 Å². The van der Waals surface area contributed by atoms with Crippen molar-refractivity contribution in [3.8, 4) is 5.75 Å². The van der Waals surface area contributed by atoms with Crippen molar-refractivity contribution in [2.45, 2.75) is 62.9 Å². The van der Waals surface area contributed by atoms with Crippen molar-refractivity contribution >= 4 is 18.2 Å². The predicted molar refractivity (Wildman–Crippen MR) is 107 cm³/mol. The summed E-state index contributed by atoms with van der Waals surface area (Å²) in [5.74, 6) is -3.95. The summed E-state index contributed by atoms with van der Waals surface area (Å²) in [5, 5.41) is 17.6. The highest BCUT2D eigenvalue weighted by Crippen LogP contribution is 2.38. The van der Waals surface area contributed by atoms with Gasteiger partial charge in [0.1, 0.15) is 18.1 Å². The van der Waals surface area contributed by atoms with Crippen LogP contribution in [0.5, 0.6) is 5.75 Å². The van der Waals surface area contributed by atoms with E-state index in [9.17, 15) is 31.1 Å². The van der Waals surface area contributed by atoms with Crippen LogP contribution in [0.3, 0.4) is 0 Å². The third-order valence-corrected chi connectivity index (χ3v) is 5.01. The zero-order valence-electron chi connectivity index (χ0n) is 17.9. The molecule has 7 nitrogen and oxygen atoms in total. The molecule has 13 heteroatoms. The molecule has 1 heterocycles. The number of nitrogens with one attached hydrogen (secondary N) is 1. The van der Waals surface area contributed by atoms with E-state index in [4.69, 9.17) is 24.5 Å². The van der Waals surface area contributed by atoms with Crippen LogP contribution in [-0.4, -0.2) is 60.0 Å². The molecule has 2 fully saturated rings. The van der Waals surface area contributed by atoms with Gasteiger partial charge in [-0.1, -0.05) is 19.3 Å². The Hall–Kier alpha value is -2.83. The Morgan fingerprint density at radius 3 is 1.88 bits per heavy atom. The molecule has 1 atom stereocenters. The van der Waals surface area contributed by atoms with Gasteiger partial charge in [0.25, 0.3) is 0 Å². The standard InChI is InChI=1S/C17H23NO2.2C2HF3O2/c19-12-13-6-7-17(20-15-8-9-18-11-15)16(10-13)14-4-2-1-3-5-14;2*3-2(4,5)1(6)7/h6-7,10,12,14-15,18H,1-5,8-9,11H2;2*(H,6,7). The van der Waals surface area contributed by atoms with Gasteiger partial charge >= 0.3 is 24.3 Å². The number of aliphatic carboxylic acids is 2. The average molecular weight is 501 g/mol. The van der Waals surface area contributed by atoms with Gasteiger partial charge in [-0.05, 0) is 55.5 Å². The van der Waals surface area contributed by atoms with Crippen LogP contribution < -0.4 is 10.1 Å². The van der Waals surface area contributed by atoms with Gasteiger partial charge < -0.3 is 20.3 Å². The fourth-order valence-electron chi connectivity index (χ4n) is 3.39. The normalized spacial score (nSPS) is 18.6. The summed E-state index contributed by atoms with van der Waals surface area (Å²) < 4.78 is 69.7. The number of halogens is 6. The minimum absolute atomic E-state index is 0.277. The van der Waals surface area contributed by atoms with Gasteiger partial charge in [-0.3, -0.25) is 4.79 Å². The number of carbonyl (C=O) groups excluding carboxylic acids is 1. The van der Waals surface area contributed by atoms with Crippen molar-refractivity contribution < 1.29 is 55.7 Å². The molecule has 2 aliphatic rings. The summed E-state index contributed by atoms with van der Waals surface area (Å²) in [4.78, 5) is 28.8. The number of carboxylic acid groups (broad SMARTS) is 2. The molecule has 0 aromatic heterocycles. The largest absolute Gasteiger partial charge is 0.490 e. The molecular formula is C21H25F6NO6. The van der Waals surface area contributed by atoms with E-state index in [1.165, 1.54) is 37.7 Å². The molecule has 0 radical (unpaired) electrons. The third kappa shape index (κ3) is 10.4. The van der Waals surface area contributed by atoms with Crippen LogP contribution in [-0.2, 0) is 9.59 Å². The summed E-state index contributed by atoms with van der Waals surface area (Å²) in [6.45, 7) is 1.97. The van der Waals surface area contributed by atoms with Crippen molar-refractivity contribution in [1.29, 1.82) is 0 Å². The molecule has 1 aromatic rings. The smallest absolute Gasteiger partial charge is 0.489 e. The van der Waals surface area contributed by atoms with E-state index >= 15 is 0 Å². The summed E-state index contributed by atoms with van der Waals surface area (Å²) in [6.07, 6.45) is -1.51. The molecule has 34 heavy (non-hydrogen) atoms. The third-order valence-electron chi connectivity index (χ3n) is 5.01. The first-order valence-electron chi connectivity index (χ1n) is 10.3. The Morgan fingerprint density at radius 2 is 1.47 bits per heavy atom. The van der Waals surface area contributed by atoms with Crippen molar-refractivity contribution in [3.05, 3.63) is 29.3 Å². The number of hydrogen-bond acceptors (Lipinski definition) is 5. The van der Waals surface area contributed by atoms with Crippen LogP contribution in [0.25, 0.3) is 0 Å². The van der Waals surface area contributed by atoms with Gasteiger partial charge in [0.2, 0.25) is 0 Å². The first-order valence-corrected chi connectivity index (χ1v) is 10.3. The molecule has 3 N–H and O–H groups in total. The monoisotopic (exact) mass is 501 g/mol. The van der Waals surface area contributed by atoms with Gasteiger partial charge in [-0.2, -0.15) is 26.3 Å². The van der Waals surface area contributed by atoms with Crippen molar-refractivity contribution in [2.24, 2.45) is 0 Å². The average Bonchev–Trinajstić information content (AvgIpc) is 3.27. The highest BCUT2D eigenvalue weighted by atomic mass is 19.4. The molecule has 0 spiro atoms. The molecule has 1 unspecified atom stereocenters. The van der Waals surface area contributed by atoms with Crippen LogP contribution in [0.15, 0.2) is 18.2 Å². The summed E-state index contributed by atoms with van der Waals surface area (Å²) in [7, 11) is 0. The lowest BCUT2D eigenvalue weighted by Crippen LogP contribution is -2.21. The van der Waals surface area contributed by atoms with Crippen LogP contribution in [0.2, 0.25) is 0 Å². The predicted octanol–water partition coefficient (Wildman–Crippen LogP) is 4.55. The van der Waals surface area contributed by atoms with E-state index in [1.807, 2.05) is 18.2 Å². The fraction of sp³-hybridized carbons (Fsp3) is 0.571. The van der Waals surface area contributed by atoms with Gasteiger partial charge in [0.15, 0.2) is 0 Å². The zero-order valence-corrected chi connectivity index (χ0v) is 17.9. The molecule has 0 amide bonds. The van der Waals surface area contributed by atoms with Crippen LogP contribution in [0, 0.1) is 0 Å². The Kier molecular flexibility index (Phi) is 11.3. The number of aldehydes is 1. The molecule has 1 saturated carbocycles. The fourth-order valence-corrected chi connectivity index (χ4v) is 3.39. The van der Waals surface area contributed by atoms with E-state index in [0.29, 0.717) is 5.92 Å². The van der Waals surface area contributed by atoms with Crippen LogP contribution in [0.1, 0.15) is 60.4 Å². The van der Waals surface area contributed by atoms with Gasteiger partial charge in [-0.25, -0.2) is 9.59 Å². The second kappa shape index (κ2) is 13.2. The van der Waals surface area contributed by atoms with Crippen LogP contribution in [0.4, 0.5) is 26.3 Å². The maximum atomic E-state index is 11.0. The van der Waals surface area contributed by atoms with Crippen molar-refractivity contribution in [2.75, 3.05) is 13.1 Å². The number of alkyl halides is 6. The summed E-state index contributed by atoms with van der Waals surface area (Å²) in [5.41, 5.74) is 2.02. The van der Waals surface area contributed by atoms with Crippen LogP contribution >= 0.6 is 0 Å².